The van der Waals surface area contributed by atoms with Crippen LogP contribution in [0, 0.1) is 11.8 Å². The highest BCUT2D eigenvalue weighted by Gasteiger charge is 2.23. The molecule has 0 aromatic heterocycles. The average molecular weight is 194 g/mol. The van der Waals surface area contributed by atoms with Gasteiger partial charge in [-0.25, -0.2) is 0 Å². The van der Waals surface area contributed by atoms with Crippen molar-refractivity contribution in [1.82, 2.24) is 0 Å². The summed E-state index contributed by atoms with van der Waals surface area (Å²) in [5, 5.41) is 0. The van der Waals surface area contributed by atoms with E-state index in [-0.39, 0.29) is 0 Å². The Balaban J connectivity index is 1.75. The second-order valence-electron chi connectivity index (χ2n) is 5.60. The summed E-state index contributed by atoms with van der Waals surface area (Å²) in [4.78, 5) is 0. The molecular weight excluding hydrogens is 168 g/mol. The van der Waals surface area contributed by atoms with Crippen LogP contribution in [0.3, 0.4) is 0 Å². The molecule has 0 nitrogen and oxygen atoms in total. The van der Waals surface area contributed by atoms with E-state index in [4.69, 9.17) is 0 Å². The van der Waals surface area contributed by atoms with E-state index in [0.29, 0.717) is 0 Å². The predicted molar refractivity (Wildman–Crippen MR) is 62.4 cm³/mol. The van der Waals surface area contributed by atoms with Gasteiger partial charge in [0.15, 0.2) is 0 Å². The van der Waals surface area contributed by atoms with Gasteiger partial charge in [-0.1, -0.05) is 70.6 Å². The molecule has 0 aromatic rings. The highest BCUT2D eigenvalue weighted by molar-refractivity contribution is 4.76. The van der Waals surface area contributed by atoms with Crippen LogP contribution in [0.5, 0.6) is 0 Å². The van der Waals surface area contributed by atoms with E-state index in [1.807, 2.05) is 0 Å². The minimum Gasteiger partial charge on any atom is -0.0533 e. The maximum atomic E-state index is 1.58. The smallest absolute Gasteiger partial charge is 0.0412 e. The first kappa shape index (κ1) is 10.5. The van der Waals surface area contributed by atoms with Crippen molar-refractivity contribution in [3.8, 4) is 0 Å². The number of fused-ring (bicyclic) bond motifs is 2. The summed E-state index contributed by atoms with van der Waals surface area (Å²) in [6.07, 6.45) is 18.4. The van der Waals surface area contributed by atoms with Gasteiger partial charge in [0.1, 0.15) is 0 Å². The van der Waals surface area contributed by atoms with Gasteiger partial charge in [-0.3, -0.25) is 0 Å². The molecule has 2 saturated carbocycles. The van der Waals surface area contributed by atoms with Crippen molar-refractivity contribution in [1.29, 1.82) is 0 Å². The van der Waals surface area contributed by atoms with Gasteiger partial charge in [0.2, 0.25) is 0 Å². The van der Waals surface area contributed by atoms with E-state index in [2.05, 4.69) is 0 Å². The summed E-state index contributed by atoms with van der Waals surface area (Å²) in [6, 6.07) is 0. The lowest BCUT2D eigenvalue weighted by molar-refractivity contribution is 0.404. The molecule has 0 aliphatic heterocycles. The van der Waals surface area contributed by atoms with Gasteiger partial charge >= 0.3 is 0 Å². The van der Waals surface area contributed by atoms with E-state index < -0.39 is 0 Å². The van der Waals surface area contributed by atoms with Gasteiger partial charge < -0.3 is 0 Å². The Morgan fingerprint density at radius 2 is 0.857 bits per heavy atom. The van der Waals surface area contributed by atoms with Gasteiger partial charge in [-0.2, -0.15) is 0 Å². The van der Waals surface area contributed by atoms with E-state index in [9.17, 15) is 0 Å². The Morgan fingerprint density at radius 3 is 1.36 bits per heavy atom. The van der Waals surface area contributed by atoms with E-state index in [1.54, 1.807) is 32.1 Å². The van der Waals surface area contributed by atoms with Crippen LogP contribution < -0.4 is 0 Å². The van der Waals surface area contributed by atoms with Crippen molar-refractivity contribution >= 4 is 0 Å². The zero-order chi connectivity index (χ0) is 9.64. The first-order chi connectivity index (χ1) is 6.95. The number of hydrogen-bond acceptors (Lipinski definition) is 0. The molecular formula is C14H26. The lowest BCUT2D eigenvalue weighted by Crippen LogP contribution is -1.98. The van der Waals surface area contributed by atoms with Crippen LogP contribution in [0.2, 0.25) is 0 Å². The normalized spacial score (nSPS) is 36.0. The summed E-state index contributed by atoms with van der Waals surface area (Å²) in [5.74, 6) is 2.25. The third-order valence-corrected chi connectivity index (χ3v) is 4.37. The largest absolute Gasteiger partial charge is 0.0533 e. The molecule has 0 aromatic carbocycles. The van der Waals surface area contributed by atoms with E-state index in [1.165, 1.54) is 44.9 Å². The Bertz CT molecular complexity index is 134. The summed E-state index contributed by atoms with van der Waals surface area (Å²) in [7, 11) is 0. The highest BCUT2D eigenvalue weighted by atomic mass is 14.3. The summed E-state index contributed by atoms with van der Waals surface area (Å²) in [5.41, 5.74) is 0. The first-order valence-electron chi connectivity index (χ1n) is 6.95. The zero-order valence-electron chi connectivity index (χ0n) is 9.64. The molecule has 2 fully saturated rings. The van der Waals surface area contributed by atoms with Crippen LogP contribution in [0.4, 0.5) is 0 Å². The molecule has 82 valence electrons. The lowest BCUT2D eigenvalue weighted by atomic mass is 9.93. The number of hydrogen-bond donors (Lipinski definition) is 0. The van der Waals surface area contributed by atoms with Gasteiger partial charge in [0.05, 0.1) is 0 Å². The quantitative estimate of drug-likeness (QED) is 0.513. The number of rotatable bonds is 0. The molecule has 0 saturated heterocycles. The fourth-order valence-electron chi connectivity index (χ4n) is 3.45. The zero-order valence-corrected chi connectivity index (χ0v) is 9.64. The molecule has 14 heavy (non-hydrogen) atoms. The minimum atomic E-state index is 1.12. The molecule has 2 rings (SSSR count). The van der Waals surface area contributed by atoms with Crippen LogP contribution >= 0.6 is 0 Å². The van der Waals surface area contributed by atoms with Gasteiger partial charge in [0.25, 0.3) is 0 Å². The van der Waals surface area contributed by atoms with Crippen LogP contribution in [-0.4, -0.2) is 0 Å². The predicted octanol–water partition coefficient (Wildman–Crippen LogP) is 4.93. The van der Waals surface area contributed by atoms with Crippen molar-refractivity contribution in [2.24, 2.45) is 11.8 Å². The molecule has 0 spiro atoms. The minimum absolute atomic E-state index is 1.12. The molecule has 0 radical (unpaired) electrons. The molecule has 2 aliphatic rings. The average Bonchev–Trinajstić information content (AvgIpc) is 2.61. The summed E-state index contributed by atoms with van der Waals surface area (Å²) in [6.45, 7) is 0. The van der Waals surface area contributed by atoms with Crippen molar-refractivity contribution in [3.05, 3.63) is 0 Å². The molecule has 0 heterocycles. The fraction of sp³-hybridized carbons (Fsp3) is 1.00. The second kappa shape index (κ2) is 5.78. The summed E-state index contributed by atoms with van der Waals surface area (Å²) >= 11 is 0. The molecule has 0 N–H and O–H groups in total. The molecule has 2 atom stereocenters. The molecule has 2 unspecified atom stereocenters. The van der Waals surface area contributed by atoms with E-state index >= 15 is 0 Å². The Kier molecular flexibility index (Phi) is 4.34. The summed E-state index contributed by atoms with van der Waals surface area (Å²) < 4.78 is 0. The third-order valence-electron chi connectivity index (χ3n) is 4.37. The Labute approximate surface area is 89.5 Å². The Hall–Kier alpha value is 0. The van der Waals surface area contributed by atoms with Gasteiger partial charge in [0, 0.05) is 0 Å². The standard InChI is InChI=1S/C14H26/c1-2-4-6-8-13-10-11-14(12-13)9-7-5-3-1/h13-14H,1-12H2. The fourth-order valence-corrected chi connectivity index (χ4v) is 3.45. The lowest BCUT2D eigenvalue weighted by Gasteiger charge is -2.12. The second-order valence-corrected chi connectivity index (χ2v) is 5.60. The van der Waals surface area contributed by atoms with Crippen molar-refractivity contribution < 1.29 is 0 Å². The van der Waals surface area contributed by atoms with Crippen LogP contribution in [0.25, 0.3) is 0 Å². The monoisotopic (exact) mass is 194 g/mol. The maximum absolute atomic E-state index is 1.58. The Morgan fingerprint density at radius 1 is 0.429 bits per heavy atom. The van der Waals surface area contributed by atoms with Crippen LogP contribution in [0.15, 0.2) is 0 Å². The van der Waals surface area contributed by atoms with Crippen LogP contribution in [0.1, 0.15) is 77.0 Å². The van der Waals surface area contributed by atoms with Crippen LogP contribution in [-0.2, 0) is 0 Å². The highest BCUT2D eigenvalue weighted by Crippen LogP contribution is 2.37. The van der Waals surface area contributed by atoms with Gasteiger partial charge in [-0.05, 0) is 18.3 Å². The third kappa shape index (κ3) is 3.29. The maximum Gasteiger partial charge on any atom is -0.0412 e. The molecule has 0 heteroatoms. The van der Waals surface area contributed by atoms with Crippen molar-refractivity contribution in [2.75, 3.05) is 0 Å². The topological polar surface area (TPSA) is 0 Å². The van der Waals surface area contributed by atoms with Crippen molar-refractivity contribution in [3.63, 3.8) is 0 Å². The SMILES string of the molecule is C1CCCCC2CCC(CCCC1)C2. The van der Waals surface area contributed by atoms with E-state index in [0.717, 1.165) is 11.8 Å². The van der Waals surface area contributed by atoms with Gasteiger partial charge in [-0.15, -0.1) is 0 Å². The molecule has 2 bridgehead atoms. The first-order valence-corrected chi connectivity index (χ1v) is 6.95. The molecule has 0 amide bonds. The molecule has 2 aliphatic carbocycles. The van der Waals surface area contributed by atoms with Crippen molar-refractivity contribution in [2.45, 2.75) is 77.0 Å².